The molecule has 2 aromatic carbocycles. The number of ketones is 1. The summed E-state index contributed by atoms with van der Waals surface area (Å²) in [4.78, 5) is 26.4. The molecule has 0 aliphatic heterocycles. The molecule has 164 valence electrons. The fourth-order valence-electron chi connectivity index (χ4n) is 3.62. The lowest BCUT2D eigenvalue weighted by molar-refractivity contribution is 0.0993. The van der Waals surface area contributed by atoms with Gasteiger partial charge in [0.15, 0.2) is 11.5 Å². The minimum absolute atomic E-state index is 0.00256. The molecule has 4 rings (SSSR count). The van der Waals surface area contributed by atoms with Gasteiger partial charge >= 0.3 is 0 Å². The third kappa shape index (κ3) is 3.80. The molecule has 2 aromatic heterocycles. The van der Waals surface area contributed by atoms with Gasteiger partial charge in [-0.3, -0.25) is 14.3 Å². The van der Waals surface area contributed by atoms with Crippen molar-refractivity contribution in [3.63, 3.8) is 0 Å². The second-order valence-corrected chi connectivity index (χ2v) is 9.03. The zero-order chi connectivity index (χ0) is 23.0. The van der Waals surface area contributed by atoms with Gasteiger partial charge in [-0.15, -0.1) is 5.10 Å². The molecule has 0 spiro atoms. The molecule has 4 aromatic rings. The number of nitrogens with zero attached hydrogens (tertiary/aromatic N) is 6. The molecule has 0 bridgehead atoms. The number of thioether (sulfide) groups is 1. The monoisotopic (exact) mass is 448 g/mol. The van der Waals surface area contributed by atoms with E-state index in [1.807, 2.05) is 83.3 Å². The molecule has 0 aliphatic carbocycles. The van der Waals surface area contributed by atoms with Crippen LogP contribution in [0, 0.1) is 20.8 Å². The first kappa shape index (κ1) is 21.8. The van der Waals surface area contributed by atoms with Crippen molar-refractivity contribution < 1.29 is 4.79 Å². The van der Waals surface area contributed by atoms with Crippen LogP contribution in [0.1, 0.15) is 34.1 Å². The summed E-state index contributed by atoms with van der Waals surface area (Å²) < 4.78 is 4.77. The van der Waals surface area contributed by atoms with Crippen molar-refractivity contribution in [3.05, 3.63) is 81.3 Å². The third-order valence-corrected chi connectivity index (χ3v) is 6.52. The maximum absolute atomic E-state index is 13.3. The lowest BCUT2D eigenvalue weighted by Gasteiger charge is -2.12. The van der Waals surface area contributed by atoms with E-state index in [0.29, 0.717) is 22.1 Å². The molecule has 0 saturated heterocycles. The van der Waals surface area contributed by atoms with Crippen molar-refractivity contribution in [3.8, 4) is 11.4 Å². The van der Waals surface area contributed by atoms with Gasteiger partial charge in [0.1, 0.15) is 0 Å². The van der Waals surface area contributed by atoms with Crippen LogP contribution in [0.2, 0.25) is 0 Å². The summed E-state index contributed by atoms with van der Waals surface area (Å²) in [7, 11) is 1.82. The predicted molar refractivity (Wildman–Crippen MR) is 124 cm³/mol. The van der Waals surface area contributed by atoms with Crippen molar-refractivity contribution in [1.29, 1.82) is 0 Å². The molecule has 2 heterocycles. The van der Waals surface area contributed by atoms with Crippen LogP contribution in [0.25, 0.3) is 11.4 Å². The molecule has 0 aliphatic rings. The van der Waals surface area contributed by atoms with Crippen LogP contribution < -0.4 is 5.56 Å². The molecule has 8 nitrogen and oxygen atoms in total. The maximum atomic E-state index is 13.3. The summed E-state index contributed by atoms with van der Waals surface area (Å²) >= 11 is 1.24. The Bertz CT molecular complexity index is 1350. The molecular formula is C23H24N6O2S. The number of carbonyl (C=O) groups excluding carboxylic acids is 1. The number of para-hydroxylation sites is 1. The number of hydrogen-bond acceptors (Lipinski definition) is 6. The molecule has 0 amide bonds. The summed E-state index contributed by atoms with van der Waals surface area (Å²) in [6.45, 7) is 7.56. The number of hydrogen-bond donors (Lipinski definition) is 0. The molecule has 0 fully saturated rings. The Labute approximate surface area is 189 Å². The van der Waals surface area contributed by atoms with E-state index in [1.54, 1.807) is 9.36 Å². The van der Waals surface area contributed by atoms with Crippen molar-refractivity contribution in [1.82, 2.24) is 29.6 Å². The predicted octanol–water partition coefficient (Wildman–Crippen LogP) is 3.44. The first-order valence-corrected chi connectivity index (χ1v) is 11.1. The molecule has 0 N–H and O–H groups in total. The van der Waals surface area contributed by atoms with E-state index in [4.69, 9.17) is 0 Å². The fourth-order valence-corrected chi connectivity index (χ4v) is 4.48. The Morgan fingerprint density at radius 2 is 1.78 bits per heavy atom. The number of tetrazole rings is 1. The van der Waals surface area contributed by atoms with E-state index in [2.05, 4.69) is 15.5 Å². The zero-order valence-corrected chi connectivity index (χ0v) is 19.4. The second-order valence-electron chi connectivity index (χ2n) is 7.73. The Kier molecular flexibility index (Phi) is 5.84. The van der Waals surface area contributed by atoms with Crippen LogP contribution in [0.5, 0.6) is 0 Å². The summed E-state index contributed by atoms with van der Waals surface area (Å²) in [5, 5.41) is 11.9. The summed E-state index contributed by atoms with van der Waals surface area (Å²) in [6, 6.07) is 15.2. The molecule has 0 radical (unpaired) electrons. The molecule has 0 saturated carbocycles. The van der Waals surface area contributed by atoms with Crippen LogP contribution in [0.3, 0.4) is 0 Å². The van der Waals surface area contributed by atoms with Crippen molar-refractivity contribution >= 4 is 17.5 Å². The van der Waals surface area contributed by atoms with Gasteiger partial charge < -0.3 is 0 Å². The molecule has 1 unspecified atom stereocenters. The highest BCUT2D eigenvalue weighted by atomic mass is 32.2. The van der Waals surface area contributed by atoms with Gasteiger partial charge in [-0.05, 0) is 61.9 Å². The van der Waals surface area contributed by atoms with Gasteiger partial charge in [0, 0.05) is 12.6 Å². The van der Waals surface area contributed by atoms with E-state index < -0.39 is 5.25 Å². The summed E-state index contributed by atoms with van der Waals surface area (Å²) in [5.74, 6) is -0.00256. The minimum Gasteiger partial charge on any atom is -0.293 e. The molecule has 32 heavy (non-hydrogen) atoms. The summed E-state index contributed by atoms with van der Waals surface area (Å²) in [6.07, 6.45) is 0. The van der Waals surface area contributed by atoms with Gasteiger partial charge in [-0.25, -0.2) is 4.68 Å². The summed E-state index contributed by atoms with van der Waals surface area (Å²) in [5.41, 5.74) is 4.22. The number of Topliss-reactive ketones (excluding diaryl/α,β-unsaturated/α-hetero) is 1. The Morgan fingerprint density at radius 3 is 2.50 bits per heavy atom. The van der Waals surface area contributed by atoms with E-state index in [0.717, 1.165) is 16.8 Å². The highest BCUT2D eigenvalue weighted by Crippen LogP contribution is 2.27. The topological polar surface area (TPSA) is 87.6 Å². The number of aromatic nitrogens is 6. The number of benzene rings is 2. The maximum Gasteiger partial charge on any atom is 0.297 e. The van der Waals surface area contributed by atoms with Crippen molar-refractivity contribution in [2.24, 2.45) is 7.05 Å². The molecule has 9 heteroatoms. The van der Waals surface area contributed by atoms with Crippen LogP contribution in [0.15, 0.2) is 58.5 Å². The Hall–Kier alpha value is -3.46. The number of carbonyl (C=O) groups is 1. The first-order valence-electron chi connectivity index (χ1n) is 10.2. The highest BCUT2D eigenvalue weighted by Gasteiger charge is 2.25. The lowest BCUT2D eigenvalue weighted by atomic mass is 10.0. The second kappa shape index (κ2) is 8.58. The average Bonchev–Trinajstić information content (AvgIpc) is 3.31. The standard InChI is InChI=1S/C23H24N6O2S/c1-14-11-12-15(2)19(13-14)21(30)17(4)32-23-24-25-26-28(23)20-16(3)27(5)29(22(20)31)18-9-7-6-8-10-18/h6-13,17H,1-5H3. The molecule has 1 atom stereocenters. The van der Waals surface area contributed by atoms with Crippen molar-refractivity contribution in [2.45, 2.75) is 38.1 Å². The highest BCUT2D eigenvalue weighted by molar-refractivity contribution is 8.00. The van der Waals surface area contributed by atoms with Crippen LogP contribution >= 0.6 is 11.8 Å². The first-order chi connectivity index (χ1) is 15.3. The van der Waals surface area contributed by atoms with Gasteiger partial charge in [0.2, 0.25) is 5.16 Å². The van der Waals surface area contributed by atoms with Gasteiger partial charge in [-0.1, -0.05) is 47.7 Å². The smallest absolute Gasteiger partial charge is 0.293 e. The van der Waals surface area contributed by atoms with Gasteiger partial charge in [0.25, 0.3) is 5.56 Å². The largest absolute Gasteiger partial charge is 0.297 e. The normalized spacial score (nSPS) is 12.2. The number of aryl methyl sites for hydroxylation is 2. The van der Waals surface area contributed by atoms with E-state index in [9.17, 15) is 9.59 Å². The van der Waals surface area contributed by atoms with E-state index >= 15 is 0 Å². The fraction of sp³-hybridized carbons (Fsp3) is 0.261. The Morgan fingerprint density at radius 1 is 1.06 bits per heavy atom. The minimum atomic E-state index is -0.430. The van der Waals surface area contributed by atoms with Crippen LogP contribution in [-0.4, -0.2) is 40.6 Å². The van der Waals surface area contributed by atoms with Crippen molar-refractivity contribution in [2.75, 3.05) is 0 Å². The number of rotatable bonds is 6. The zero-order valence-electron chi connectivity index (χ0n) is 18.6. The van der Waals surface area contributed by atoms with Gasteiger partial charge in [-0.2, -0.15) is 4.68 Å². The molecular weight excluding hydrogens is 424 g/mol. The average molecular weight is 449 g/mol. The lowest BCUT2D eigenvalue weighted by Crippen LogP contribution is -2.22. The SMILES string of the molecule is Cc1ccc(C)c(C(=O)C(C)Sc2nnnn2-c2c(C)n(C)n(-c3ccccc3)c2=O)c1. The van der Waals surface area contributed by atoms with Crippen LogP contribution in [0.4, 0.5) is 0 Å². The van der Waals surface area contributed by atoms with Gasteiger partial charge in [0.05, 0.1) is 16.6 Å². The Balaban J connectivity index is 1.70. The van der Waals surface area contributed by atoms with E-state index in [1.165, 1.54) is 16.4 Å². The third-order valence-electron chi connectivity index (χ3n) is 5.49. The quantitative estimate of drug-likeness (QED) is 0.332. The van der Waals surface area contributed by atoms with Crippen LogP contribution in [-0.2, 0) is 7.05 Å². The van der Waals surface area contributed by atoms with E-state index in [-0.39, 0.29) is 11.3 Å².